The summed E-state index contributed by atoms with van der Waals surface area (Å²) in [5.74, 6) is -0.0248. The van der Waals surface area contributed by atoms with E-state index >= 15 is 0 Å². The maximum Gasteiger partial charge on any atom is 0.310 e. The third kappa shape index (κ3) is 1.58. The third-order valence-electron chi connectivity index (χ3n) is 2.75. The number of fused-ring (bicyclic) bond motifs is 1. The molecule has 0 amide bonds. The van der Waals surface area contributed by atoms with Gasteiger partial charge in [-0.2, -0.15) is 0 Å². The van der Waals surface area contributed by atoms with E-state index in [1.165, 1.54) is 11.6 Å². The van der Waals surface area contributed by atoms with E-state index in [4.69, 9.17) is 0 Å². The second-order valence-electron chi connectivity index (χ2n) is 3.87. The summed E-state index contributed by atoms with van der Waals surface area (Å²) in [5.41, 5.74) is 2.59. The molecular weight excluding hydrogens is 250 g/mol. The number of hydrogen-bond acceptors (Lipinski definition) is 5. The zero-order valence-electron chi connectivity index (χ0n) is 9.49. The zero-order chi connectivity index (χ0) is 12.7. The minimum atomic E-state index is -0.194. The van der Waals surface area contributed by atoms with E-state index in [2.05, 4.69) is 9.98 Å². The van der Waals surface area contributed by atoms with Crippen LogP contribution in [0.2, 0.25) is 0 Å². The second-order valence-corrected chi connectivity index (χ2v) is 4.86. The van der Waals surface area contributed by atoms with Crippen LogP contribution in [0.25, 0.3) is 11.6 Å². The lowest BCUT2D eigenvalue weighted by Crippen LogP contribution is -2.05. The molecule has 0 atom stereocenters. The summed E-state index contributed by atoms with van der Waals surface area (Å²) in [5, 5.41) is 9.80. The van der Waals surface area contributed by atoms with Gasteiger partial charge in [0.2, 0.25) is 5.88 Å². The number of aromatic hydroxyl groups is 1. The van der Waals surface area contributed by atoms with Gasteiger partial charge in [0, 0.05) is 36.8 Å². The fourth-order valence-corrected chi connectivity index (χ4v) is 2.57. The molecule has 2 aromatic rings. The average molecular weight is 259 g/mol. The van der Waals surface area contributed by atoms with E-state index in [0.717, 1.165) is 28.2 Å². The molecule has 0 bridgehead atoms. The fraction of sp³-hybridized carbons (Fsp3) is 0.0833. The van der Waals surface area contributed by atoms with Crippen molar-refractivity contribution in [2.75, 3.05) is 0 Å². The lowest BCUT2D eigenvalue weighted by atomic mass is 10.1. The highest BCUT2D eigenvalue weighted by atomic mass is 32.1. The van der Waals surface area contributed by atoms with Crippen LogP contribution in [0.3, 0.4) is 0 Å². The van der Waals surface area contributed by atoms with Gasteiger partial charge in [-0.3, -0.25) is 19.3 Å². The van der Waals surface area contributed by atoms with E-state index < -0.39 is 0 Å². The van der Waals surface area contributed by atoms with Gasteiger partial charge in [0.1, 0.15) is 0 Å². The van der Waals surface area contributed by atoms with Gasteiger partial charge in [-0.05, 0) is 12.1 Å². The number of thiazole rings is 1. The van der Waals surface area contributed by atoms with E-state index in [9.17, 15) is 9.90 Å². The molecule has 0 radical (unpaired) electrons. The van der Waals surface area contributed by atoms with Gasteiger partial charge in [-0.15, -0.1) is 0 Å². The van der Waals surface area contributed by atoms with Crippen LogP contribution in [0.4, 0.5) is 5.69 Å². The standard InChI is InChI=1S/C12H9N3O2S/c1-15-11(16)10(18-12(15)17)4-7-5-14-9-2-3-13-6-8(7)9/h2-6,16H,1H3/b7-4+. The summed E-state index contributed by atoms with van der Waals surface area (Å²) in [4.78, 5) is 20.0. The number of rotatable bonds is 1. The topological polar surface area (TPSA) is 67.5 Å². The highest BCUT2D eigenvalue weighted by Crippen LogP contribution is 2.33. The summed E-state index contributed by atoms with van der Waals surface area (Å²) < 4.78 is 1.22. The molecule has 2 aromatic heterocycles. The molecule has 0 spiro atoms. The molecule has 1 aliphatic heterocycles. The SMILES string of the molecule is Cn1c(O)c(/C=C2\C=Nc3ccncc32)sc1=O. The molecule has 3 heterocycles. The molecule has 1 aliphatic rings. The van der Waals surface area contributed by atoms with Crippen molar-refractivity contribution in [3.05, 3.63) is 38.6 Å². The number of aromatic nitrogens is 2. The van der Waals surface area contributed by atoms with Crippen LogP contribution < -0.4 is 4.87 Å². The highest BCUT2D eigenvalue weighted by Gasteiger charge is 2.15. The monoisotopic (exact) mass is 259 g/mol. The van der Waals surface area contributed by atoms with Crippen molar-refractivity contribution < 1.29 is 5.11 Å². The average Bonchev–Trinajstić information content (AvgIpc) is 2.89. The van der Waals surface area contributed by atoms with Crippen LogP contribution in [-0.2, 0) is 7.05 Å². The first kappa shape index (κ1) is 10.9. The molecule has 0 unspecified atom stereocenters. The Kier molecular flexibility index (Phi) is 2.38. The number of aliphatic imine (C=N–C) groups is 1. The van der Waals surface area contributed by atoms with Gasteiger partial charge < -0.3 is 5.11 Å². The van der Waals surface area contributed by atoms with Gasteiger partial charge in [-0.25, -0.2) is 0 Å². The Morgan fingerprint density at radius 2 is 2.33 bits per heavy atom. The Morgan fingerprint density at radius 1 is 1.50 bits per heavy atom. The van der Waals surface area contributed by atoms with Crippen LogP contribution in [0, 0.1) is 0 Å². The summed E-state index contributed by atoms with van der Waals surface area (Å²) in [6.45, 7) is 0. The first-order valence-corrected chi connectivity index (χ1v) is 6.07. The second kappa shape index (κ2) is 3.92. The van der Waals surface area contributed by atoms with Crippen LogP contribution in [0.15, 0.2) is 28.2 Å². The lowest BCUT2D eigenvalue weighted by Gasteiger charge is -1.97. The fourth-order valence-electron chi connectivity index (χ4n) is 1.74. The molecule has 0 aliphatic carbocycles. The van der Waals surface area contributed by atoms with Crippen LogP contribution in [0.1, 0.15) is 10.4 Å². The number of nitrogens with zero attached hydrogens (tertiary/aromatic N) is 3. The van der Waals surface area contributed by atoms with Gasteiger partial charge in [0.05, 0.1) is 10.6 Å². The van der Waals surface area contributed by atoms with Gasteiger partial charge >= 0.3 is 4.87 Å². The third-order valence-corrected chi connectivity index (χ3v) is 3.72. The molecule has 0 fully saturated rings. The minimum Gasteiger partial charge on any atom is -0.493 e. The van der Waals surface area contributed by atoms with E-state index in [-0.39, 0.29) is 10.8 Å². The minimum absolute atomic E-state index is 0.0248. The summed E-state index contributed by atoms with van der Waals surface area (Å²) >= 11 is 1.00. The Labute approximate surface area is 106 Å². The summed E-state index contributed by atoms with van der Waals surface area (Å²) in [7, 11) is 1.54. The van der Waals surface area contributed by atoms with Crippen LogP contribution in [0.5, 0.6) is 5.88 Å². The van der Waals surface area contributed by atoms with Gasteiger partial charge in [0.25, 0.3) is 0 Å². The van der Waals surface area contributed by atoms with E-state index in [0.29, 0.717) is 4.88 Å². The molecule has 0 saturated heterocycles. The van der Waals surface area contributed by atoms with Crippen LogP contribution in [-0.4, -0.2) is 20.9 Å². The normalized spacial score (nSPS) is 15.3. The van der Waals surface area contributed by atoms with Crippen molar-refractivity contribution in [2.45, 2.75) is 0 Å². The van der Waals surface area contributed by atoms with E-state index in [1.807, 2.05) is 6.07 Å². The molecule has 18 heavy (non-hydrogen) atoms. The van der Waals surface area contributed by atoms with Crippen molar-refractivity contribution in [3.63, 3.8) is 0 Å². The molecule has 0 aromatic carbocycles. The predicted octanol–water partition coefficient (Wildman–Crippen LogP) is 1.80. The maximum absolute atomic E-state index is 11.4. The highest BCUT2D eigenvalue weighted by molar-refractivity contribution is 7.10. The van der Waals surface area contributed by atoms with Crippen molar-refractivity contribution in [3.8, 4) is 5.88 Å². The number of pyridine rings is 1. The molecule has 1 N–H and O–H groups in total. The number of hydrogen-bond donors (Lipinski definition) is 1. The molecule has 0 saturated carbocycles. The smallest absolute Gasteiger partial charge is 0.310 e. The Hall–Kier alpha value is -2.21. The Morgan fingerprint density at radius 3 is 3.06 bits per heavy atom. The van der Waals surface area contributed by atoms with Crippen molar-refractivity contribution >= 4 is 34.9 Å². The van der Waals surface area contributed by atoms with Crippen molar-refractivity contribution in [1.82, 2.24) is 9.55 Å². The zero-order valence-corrected chi connectivity index (χ0v) is 10.3. The van der Waals surface area contributed by atoms with Crippen LogP contribution >= 0.6 is 11.3 Å². The maximum atomic E-state index is 11.4. The molecule has 5 nitrogen and oxygen atoms in total. The first-order valence-electron chi connectivity index (χ1n) is 5.26. The molecule has 6 heteroatoms. The first-order chi connectivity index (χ1) is 8.66. The quantitative estimate of drug-likeness (QED) is 0.849. The largest absolute Gasteiger partial charge is 0.493 e. The van der Waals surface area contributed by atoms with Gasteiger partial charge in [-0.1, -0.05) is 11.3 Å². The molecular formula is C12H9N3O2S. The number of allylic oxidation sites excluding steroid dienone is 1. The summed E-state index contributed by atoms with van der Waals surface area (Å²) in [6.07, 6.45) is 6.85. The Bertz CT molecular complexity index is 740. The molecule has 90 valence electrons. The molecule has 3 rings (SSSR count). The lowest BCUT2D eigenvalue weighted by molar-refractivity contribution is 0.428. The van der Waals surface area contributed by atoms with E-state index in [1.54, 1.807) is 24.7 Å². The Balaban J connectivity index is 2.12. The predicted molar refractivity (Wildman–Crippen MR) is 71.5 cm³/mol. The van der Waals surface area contributed by atoms with Crippen molar-refractivity contribution in [2.24, 2.45) is 12.0 Å². The van der Waals surface area contributed by atoms with Gasteiger partial charge in [0.15, 0.2) is 0 Å². The summed E-state index contributed by atoms with van der Waals surface area (Å²) in [6, 6.07) is 1.82. The van der Waals surface area contributed by atoms with Crippen molar-refractivity contribution in [1.29, 1.82) is 0 Å².